The molecular weight excluding hydrogens is 600 g/mol. The monoisotopic (exact) mass is 637 g/mol. The van der Waals surface area contributed by atoms with Crippen LogP contribution in [0.5, 0.6) is 0 Å². The molecule has 45 heavy (non-hydrogen) atoms. The number of fused-ring (bicyclic) bond motifs is 3. The molecule has 1 aromatic heterocycles. The van der Waals surface area contributed by atoms with Gasteiger partial charge in [0.25, 0.3) is 0 Å². The van der Waals surface area contributed by atoms with Crippen molar-refractivity contribution < 1.29 is 40.6 Å². The topological polar surface area (TPSA) is 48.8 Å². The fraction of sp³-hybridized carbons (Fsp3) is 0.545. The summed E-state index contributed by atoms with van der Waals surface area (Å²) >= 11 is 0. The number of anilines is 1. The molecule has 3 heterocycles. The van der Waals surface area contributed by atoms with E-state index in [1.165, 1.54) is 10.7 Å². The Morgan fingerprint density at radius 2 is 1.60 bits per heavy atom. The first kappa shape index (κ1) is 31.9. The summed E-state index contributed by atoms with van der Waals surface area (Å²) in [6, 6.07) is 9.77. The smallest absolute Gasteiger partial charge is 0.372 e. The summed E-state index contributed by atoms with van der Waals surface area (Å²) < 4.78 is 106. The summed E-state index contributed by atoms with van der Waals surface area (Å²) in [6.45, 7) is 1.93. The molecule has 0 N–H and O–H groups in total. The van der Waals surface area contributed by atoms with Crippen molar-refractivity contribution >= 4 is 22.2 Å². The molecule has 1 unspecified atom stereocenters. The maximum absolute atomic E-state index is 15.6. The Balaban J connectivity index is 1.42. The Kier molecular flexibility index (Phi) is 8.93. The van der Waals surface area contributed by atoms with Gasteiger partial charge in [0.15, 0.2) is 12.5 Å². The van der Waals surface area contributed by atoms with Crippen molar-refractivity contribution in [1.82, 2.24) is 9.78 Å². The second-order valence-electron chi connectivity index (χ2n) is 12.0. The van der Waals surface area contributed by atoms with Gasteiger partial charge in [-0.2, -0.15) is 26.3 Å². The van der Waals surface area contributed by atoms with Crippen LogP contribution in [-0.4, -0.2) is 62.1 Å². The lowest BCUT2D eigenvalue weighted by molar-refractivity contribution is -0.264. The van der Waals surface area contributed by atoms with Crippen LogP contribution in [0, 0.1) is 11.9 Å². The molecular formula is C33H37F6N3O3. The molecule has 244 valence electrons. The van der Waals surface area contributed by atoms with E-state index >= 15 is 13.2 Å². The number of hydrogen-bond acceptors (Lipinski definition) is 5. The van der Waals surface area contributed by atoms with Gasteiger partial charge in [-0.25, -0.2) is 4.68 Å². The van der Waals surface area contributed by atoms with E-state index in [-0.39, 0.29) is 47.1 Å². The first-order valence-corrected chi connectivity index (χ1v) is 15.5. The fourth-order valence-corrected chi connectivity index (χ4v) is 7.18. The van der Waals surface area contributed by atoms with E-state index in [1.807, 2.05) is 0 Å². The normalized spacial score (nSPS) is 20.6. The molecule has 1 aliphatic carbocycles. The average molecular weight is 638 g/mol. The number of allylic oxidation sites excluding steroid dienone is 1. The van der Waals surface area contributed by atoms with Gasteiger partial charge in [0.05, 0.1) is 10.9 Å². The molecule has 0 bridgehead atoms. The molecule has 0 saturated carbocycles. The van der Waals surface area contributed by atoms with E-state index < -0.39 is 36.3 Å². The summed E-state index contributed by atoms with van der Waals surface area (Å²) in [4.78, 5) is 2.14. The maximum atomic E-state index is 15.6. The van der Waals surface area contributed by atoms with Crippen molar-refractivity contribution in [2.45, 2.75) is 76.0 Å². The number of alkyl halides is 5. The third-order valence-electron chi connectivity index (χ3n) is 9.44. The highest BCUT2D eigenvalue weighted by atomic mass is 19.4. The highest BCUT2D eigenvalue weighted by Gasteiger charge is 2.60. The molecule has 12 heteroatoms. The molecule has 2 aromatic carbocycles. The number of rotatable bonds is 7. The van der Waals surface area contributed by atoms with Crippen molar-refractivity contribution in [3.05, 3.63) is 64.6 Å². The average Bonchev–Trinajstić information content (AvgIpc) is 3.25. The van der Waals surface area contributed by atoms with Crippen LogP contribution in [0.2, 0.25) is 0 Å². The van der Waals surface area contributed by atoms with Crippen molar-refractivity contribution in [1.29, 1.82) is 0 Å². The summed E-state index contributed by atoms with van der Waals surface area (Å²) in [5, 5.41) is 4.25. The highest BCUT2D eigenvalue weighted by Crippen LogP contribution is 2.50. The number of benzene rings is 2. The van der Waals surface area contributed by atoms with Crippen LogP contribution in [-0.2, 0) is 20.6 Å². The summed E-state index contributed by atoms with van der Waals surface area (Å²) in [5.74, 6) is -5.64. The van der Waals surface area contributed by atoms with Gasteiger partial charge < -0.3 is 19.1 Å². The SMILES string of the molecule is COC(OC)C1CCN(c2ccc(C3=C(C(F)(F)C(F)(F)F)CCCc4c3ccc3c4c(F)nn3C3CCCCO3)cc2)CC1. The number of nitrogens with zero attached hydrogens (tertiary/aromatic N) is 3. The van der Waals surface area contributed by atoms with Crippen LogP contribution in [0.1, 0.15) is 67.9 Å². The summed E-state index contributed by atoms with van der Waals surface area (Å²) in [5.41, 5.74) is 0.824. The molecule has 1 atom stereocenters. The zero-order chi connectivity index (χ0) is 31.9. The van der Waals surface area contributed by atoms with Crippen LogP contribution in [0.4, 0.5) is 32.0 Å². The second-order valence-corrected chi connectivity index (χ2v) is 12.0. The van der Waals surface area contributed by atoms with Crippen molar-refractivity contribution in [2.24, 2.45) is 5.92 Å². The van der Waals surface area contributed by atoms with E-state index in [4.69, 9.17) is 14.2 Å². The Morgan fingerprint density at radius 1 is 0.889 bits per heavy atom. The Labute approximate surface area is 257 Å². The molecule has 0 spiro atoms. The minimum atomic E-state index is -5.79. The van der Waals surface area contributed by atoms with E-state index in [0.717, 1.165) is 31.4 Å². The summed E-state index contributed by atoms with van der Waals surface area (Å²) in [7, 11) is 3.21. The van der Waals surface area contributed by atoms with Gasteiger partial charge >= 0.3 is 12.1 Å². The number of methoxy groups -OCH3 is 2. The second kappa shape index (κ2) is 12.6. The van der Waals surface area contributed by atoms with Crippen LogP contribution in [0.15, 0.2) is 42.0 Å². The summed E-state index contributed by atoms with van der Waals surface area (Å²) in [6.07, 6.45) is -2.89. The van der Waals surface area contributed by atoms with Crippen LogP contribution in [0.25, 0.3) is 16.5 Å². The van der Waals surface area contributed by atoms with Crippen LogP contribution in [0.3, 0.4) is 0 Å². The Hall–Kier alpha value is -3.09. The van der Waals surface area contributed by atoms with E-state index in [2.05, 4.69) is 10.00 Å². The zero-order valence-corrected chi connectivity index (χ0v) is 25.3. The first-order chi connectivity index (χ1) is 21.5. The molecule has 6 nitrogen and oxygen atoms in total. The lowest BCUT2D eigenvalue weighted by Gasteiger charge is -2.36. The van der Waals surface area contributed by atoms with E-state index in [0.29, 0.717) is 37.2 Å². The van der Waals surface area contributed by atoms with E-state index in [9.17, 15) is 13.2 Å². The van der Waals surface area contributed by atoms with Gasteiger partial charge in [-0.05, 0) is 91.8 Å². The lowest BCUT2D eigenvalue weighted by atomic mass is 9.87. The standard InChI is InChI=1S/C33H37F6N3O3/c1-43-31(44-2)21-15-17-41(18-16-21)22-11-9-20(10-12-22)28-24-13-14-26-29(30(34)40-42(26)27-8-3-4-19-45-27)23(24)6-5-7-25(28)32(35,36)33(37,38)39/h9-14,21,27,31H,3-8,15-19H2,1-2H3. The molecule has 2 saturated heterocycles. The van der Waals surface area contributed by atoms with Crippen molar-refractivity contribution in [3.8, 4) is 0 Å². The maximum Gasteiger partial charge on any atom is 0.457 e. The van der Waals surface area contributed by atoms with Gasteiger partial charge in [-0.3, -0.25) is 0 Å². The molecule has 2 aliphatic heterocycles. The largest absolute Gasteiger partial charge is 0.457 e. The van der Waals surface area contributed by atoms with Crippen molar-refractivity contribution in [2.75, 3.05) is 38.8 Å². The molecule has 0 radical (unpaired) electrons. The predicted octanol–water partition coefficient (Wildman–Crippen LogP) is 8.05. The number of halogens is 6. The third-order valence-corrected chi connectivity index (χ3v) is 9.44. The lowest BCUT2D eigenvalue weighted by Crippen LogP contribution is -2.39. The van der Waals surface area contributed by atoms with Gasteiger partial charge in [0.2, 0.25) is 5.95 Å². The first-order valence-electron chi connectivity index (χ1n) is 15.5. The van der Waals surface area contributed by atoms with Gasteiger partial charge in [-0.1, -0.05) is 18.2 Å². The fourth-order valence-electron chi connectivity index (χ4n) is 7.18. The minimum Gasteiger partial charge on any atom is -0.372 e. The number of piperidine rings is 1. The minimum absolute atomic E-state index is 0.00185. The molecule has 3 aliphatic rings. The third kappa shape index (κ3) is 5.85. The molecule has 0 amide bonds. The quantitative estimate of drug-likeness (QED) is 0.194. The van der Waals surface area contributed by atoms with Crippen molar-refractivity contribution in [3.63, 3.8) is 0 Å². The molecule has 6 rings (SSSR count). The highest BCUT2D eigenvalue weighted by molar-refractivity contribution is 5.94. The van der Waals surface area contributed by atoms with Gasteiger partial charge in [0.1, 0.15) is 0 Å². The van der Waals surface area contributed by atoms with Crippen LogP contribution >= 0.6 is 0 Å². The number of aromatic nitrogens is 2. The molecule has 2 fully saturated rings. The van der Waals surface area contributed by atoms with E-state index in [1.54, 1.807) is 44.6 Å². The van der Waals surface area contributed by atoms with Crippen LogP contribution < -0.4 is 4.90 Å². The number of ether oxygens (including phenoxy) is 3. The number of aryl methyl sites for hydroxylation is 1. The molecule has 3 aromatic rings. The Bertz CT molecular complexity index is 1530. The number of hydrogen-bond donors (Lipinski definition) is 0. The Morgan fingerprint density at radius 3 is 2.22 bits per heavy atom. The van der Waals surface area contributed by atoms with Gasteiger partial charge in [0, 0.05) is 51.1 Å². The zero-order valence-electron chi connectivity index (χ0n) is 25.3. The van der Waals surface area contributed by atoms with Gasteiger partial charge in [-0.15, -0.1) is 5.10 Å². The predicted molar refractivity (Wildman–Crippen MR) is 158 cm³/mol.